The molecule has 0 aliphatic carbocycles. The predicted octanol–water partition coefficient (Wildman–Crippen LogP) is 4.40. The molecule has 39 heavy (non-hydrogen) atoms. The van der Waals surface area contributed by atoms with Gasteiger partial charge < -0.3 is 20.1 Å². The number of hydrogen-bond acceptors (Lipinski definition) is 4. The Hall–Kier alpha value is -4.33. The lowest BCUT2D eigenvalue weighted by Crippen LogP contribution is -2.52. The van der Waals surface area contributed by atoms with Crippen molar-refractivity contribution in [1.29, 1.82) is 5.26 Å². The quantitative estimate of drug-likeness (QED) is 0.464. The second-order valence-corrected chi connectivity index (χ2v) is 10.3. The van der Waals surface area contributed by atoms with Crippen LogP contribution in [0.2, 0.25) is 0 Å². The summed E-state index contributed by atoms with van der Waals surface area (Å²) in [6, 6.07) is 11.4. The molecular weight excluding hydrogens is 511 g/mol. The number of fused-ring (bicyclic) bond motifs is 1. The topological polar surface area (TPSA) is 109 Å². The zero-order valence-electron chi connectivity index (χ0n) is 21.7. The second kappa shape index (κ2) is 10.8. The van der Waals surface area contributed by atoms with Gasteiger partial charge in [0.2, 0.25) is 11.8 Å². The number of benzene rings is 2. The zero-order valence-corrected chi connectivity index (χ0v) is 21.7. The van der Waals surface area contributed by atoms with Crippen LogP contribution in [-0.4, -0.2) is 63.9 Å². The number of aromatic nitrogens is 1. The van der Waals surface area contributed by atoms with Crippen molar-refractivity contribution >= 4 is 34.3 Å². The molecule has 4 rings (SSSR count). The number of H-pyrrole nitrogens is 1. The summed E-state index contributed by atoms with van der Waals surface area (Å²) in [5.41, 5.74) is -1.38. The summed E-state index contributed by atoms with van der Waals surface area (Å²) in [6.07, 6.45) is -0.315. The molecule has 0 bridgehead atoms. The summed E-state index contributed by atoms with van der Waals surface area (Å²) in [4.78, 5) is 44.8. The molecule has 2 heterocycles. The highest BCUT2D eigenvalue weighted by atomic mass is 19.1. The molecule has 0 spiro atoms. The van der Waals surface area contributed by atoms with E-state index in [4.69, 9.17) is 0 Å². The molecule has 3 unspecified atom stereocenters. The third-order valence-corrected chi connectivity index (χ3v) is 6.78. The fraction of sp³-hybridized carbons (Fsp3) is 0.357. The number of likely N-dealkylation sites (N-methyl/N-ethyl adjacent to an activating group) is 1. The van der Waals surface area contributed by atoms with Crippen molar-refractivity contribution in [2.75, 3.05) is 18.9 Å². The van der Waals surface area contributed by atoms with Crippen LogP contribution in [0.5, 0.6) is 0 Å². The van der Waals surface area contributed by atoms with E-state index >= 15 is 0 Å². The van der Waals surface area contributed by atoms with Crippen molar-refractivity contribution in [2.24, 2.45) is 5.92 Å². The molecule has 3 atom stereocenters. The van der Waals surface area contributed by atoms with E-state index in [0.29, 0.717) is 11.8 Å². The van der Waals surface area contributed by atoms with Crippen LogP contribution in [0.15, 0.2) is 48.5 Å². The standard InChI is InChI=1S/C28H28F3N5O3/c1-28(2,31)13-24(35(3)26(38)23-12-20-21(30)10-17(29)11-22(20)34-23)27(39)36-15-16(9-19(36)14-32)25(37)33-18-7-5-4-6-8-18/h4-8,10-12,16,19,24,34H,9,13,15H2,1-3H3,(H,33,37). The number of nitrogens with one attached hydrogen (secondary N) is 2. The number of hydrogen-bond donors (Lipinski definition) is 2. The van der Waals surface area contributed by atoms with Crippen LogP contribution in [-0.2, 0) is 9.59 Å². The maximum absolute atomic E-state index is 14.9. The first-order valence-electron chi connectivity index (χ1n) is 12.4. The van der Waals surface area contributed by atoms with Crippen LogP contribution in [0.3, 0.4) is 0 Å². The lowest BCUT2D eigenvalue weighted by molar-refractivity contribution is -0.137. The fourth-order valence-corrected chi connectivity index (χ4v) is 4.81. The average molecular weight is 540 g/mol. The van der Waals surface area contributed by atoms with Gasteiger partial charge in [0.25, 0.3) is 5.91 Å². The van der Waals surface area contributed by atoms with Crippen LogP contribution in [0.25, 0.3) is 10.9 Å². The maximum Gasteiger partial charge on any atom is 0.270 e. The maximum atomic E-state index is 14.9. The zero-order chi connectivity index (χ0) is 28.5. The average Bonchev–Trinajstić information content (AvgIpc) is 3.51. The number of likely N-dealkylation sites (tertiary alicyclic amines) is 1. The molecular formula is C28H28F3N5O3. The van der Waals surface area contributed by atoms with Crippen molar-refractivity contribution in [3.63, 3.8) is 0 Å². The Labute approximate surface area is 223 Å². The fourth-order valence-electron chi connectivity index (χ4n) is 4.81. The summed E-state index contributed by atoms with van der Waals surface area (Å²) in [5, 5.41) is 12.5. The number of amides is 3. The molecule has 1 saturated heterocycles. The molecule has 3 amide bonds. The van der Waals surface area contributed by atoms with Crippen molar-refractivity contribution in [2.45, 2.75) is 44.4 Å². The molecule has 0 radical (unpaired) electrons. The van der Waals surface area contributed by atoms with Crippen LogP contribution in [0.1, 0.15) is 37.2 Å². The Balaban J connectivity index is 1.58. The van der Waals surface area contributed by atoms with E-state index in [0.717, 1.165) is 11.0 Å². The number of nitrogens with zero attached hydrogens (tertiary/aromatic N) is 3. The van der Waals surface area contributed by atoms with Gasteiger partial charge in [0.05, 0.1) is 17.5 Å². The Bertz CT molecular complexity index is 1440. The smallest absolute Gasteiger partial charge is 0.270 e. The van der Waals surface area contributed by atoms with Gasteiger partial charge in [-0.1, -0.05) is 18.2 Å². The molecule has 1 fully saturated rings. The van der Waals surface area contributed by atoms with E-state index in [9.17, 15) is 32.8 Å². The number of para-hydroxylation sites is 1. The minimum atomic E-state index is -1.88. The number of alkyl halides is 1. The number of nitriles is 1. The Morgan fingerprint density at radius 2 is 1.90 bits per heavy atom. The van der Waals surface area contributed by atoms with Crippen molar-refractivity contribution < 1.29 is 27.6 Å². The number of anilines is 1. The van der Waals surface area contributed by atoms with Gasteiger partial charge in [0.1, 0.15) is 35.1 Å². The molecule has 8 nitrogen and oxygen atoms in total. The van der Waals surface area contributed by atoms with E-state index in [-0.39, 0.29) is 35.5 Å². The van der Waals surface area contributed by atoms with Crippen molar-refractivity contribution in [3.8, 4) is 6.07 Å². The number of carbonyl (C=O) groups is 3. The first kappa shape index (κ1) is 27.7. The largest absolute Gasteiger partial charge is 0.350 e. The Kier molecular flexibility index (Phi) is 7.67. The normalized spacial score (nSPS) is 18.0. The van der Waals surface area contributed by atoms with E-state index in [2.05, 4.69) is 10.3 Å². The van der Waals surface area contributed by atoms with Crippen molar-refractivity contribution in [1.82, 2.24) is 14.8 Å². The van der Waals surface area contributed by atoms with Gasteiger partial charge in [0.15, 0.2) is 0 Å². The minimum Gasteiger partial charge on any atom is -0.350 e. The number of halogens is 3. The summed E-state index contributed by atoms with van der Waals surface area (Å²) in [7, 11) is 1.30. The monoisotopic (exact) mass is 539 g/mol. The molecule has 11 heteroatoms. The van der Waals surface area contributed by atoms with Gasteiger partial charge >= 0.3 is 0 Å². The van der Waals surface area contributed by atoms with E-state index in [1.165, 1.54) is 31.9 Å². The molecule has 2 N–H and O–H groups in total. The molecule has 0 saturated carbocycles. The third kappa shape index (κ3) is 6.06. The van der Waals surface area contributed by atoms with Gasteiger partial charge in [-0.15, -0.1) is 0 Å². The van der Waals surface area contributed by atoms with E-state index in [1.54, 1.807) is 30.3 Å². The summed E-state index contributed by atoms with van der Waals surface area (Å²) >= 11 is 0. The first-order chi connectivity index (χ1) is 18.4. The van der Waals surface area contributed by atoms with Gasteiger partial charge in [-0.2, -0.15) is 5.26 Å². The summed E-state index contributed by atoms with van der Waals surface area (Å²) < 4.78 is 42.7. The molecule has 1 aliphatic rings. The Morgan fingerprint density at radius 3 is 2.54 bits per heavy atom. The van der Waals surface area contributed by atoms with Gasteiger partial charge in [-0.25, -0.2) is 13.2 Å². The molecule has 1 aliphatic heterocycles. The highest BCUT2D eigenvalue weighted by Crippen LogP contribution is 2.29. The van der Waals surface area contributed by atoms with Gasteiger partial charge in [-0.05, 0) is 44.5 Å². The molecule has 204 valence electrons. The van der Waals surface area contributed by atoms with Gasteiger partial charge in [-0.3, -0.25) is 14.4 Å². The van der Waals surface area contributed by atoms with Crippen LogP contribution in [0.4, 0.5) is 18.9 Å². The van der Waals surface area contributed by atoms with Crippen LogP contribution in [0, 0.1) is 28.9 Å². The van der Waals surface area contributed by atoms with Crippen LogP contribution >= 0.6 is 0 Å². The lowest BCUT2D eigenvalue weighted by Gasteiger charge is -2.34. The number of aromatic amines is 1. The highest BCUT2D eigenvalue weighted by Gasteiger charge is 2.44. The van der Waals surface area contributed by atoms with E-state index < -0.39 is 53.5 Å². The molecule has 2 aromatic carbocycles. The number of rotatable bonds is 7. The summed E-state index contributed by atoms with van der Waals surface area (Å²) in [5.74, 6) is -4.19. The predicted molar refractivity (Wildman–Crippen MR) is 138 cm³/mol. The first-order valence-corrected chi connectivity index (χ1v) is 12.4. The number of carbonyl (C=O) groups excluding carboxylic acids is 3. The van der Waals surface area contributed by atoms with Gasteiger partial charge in [0, 0.05) is 37.2 Å². The van der Waals surface area contributed by atoms with Crippen molar-refractivity contribution in [3.05, 3.63) is 65.9 Å². The molecule has 3 aromatic rings. The lowest BCUT2D eigenvalue weighted by atomic mass is 9.98. The Morgan fingerprint density at radius 1 is 1.21 bits per heavy atom. The SMILES string of the molecule is CN(C(=O)c1cc2c(F)cc(F)cc2[nH]1)C(CC(C)(C)F)C(=O)N1CC(C(=O)Nc2ccccc2)CC1C#N. The summed E-state index contributed by atoms with van der Waals surface area (Å²) in [6.45, 7) is 2.43. The second-order valence-electron chi connectivity index (χ2n) is 10.3. The third-order valence-electron chi connectivity index (χ3n) is 6.78. The minimum absolute atomic E-state index is 0.0156. The van der Waals surface area contributed by atoms with Crippen LogP contribution < -0.4 is 5.32 Å². The highest BCUT2D eigenvalue weighted by molar-refractivity contribution is 6.00. The molecule has 1 aromatic heterocycles. The van der Waals surface area contributed by atoms with E-state index in [1.807, 2.05) is 6.07 Å².